The lowest BCUT2D eigenvalue weighted by Crippen LogP contribution is -2.48. The first-order valence-corrected chi connectivity index (χ1v) is 7.71. The van der Waals surface area contributed by atoms with E-state index in [-0.39, 0.29) is 5.97 Å². The lowest BCUT2D eigenvalue weighted by atomic mass is 9.90. The van der Waals surface area contributed by atoms with E-state index in [1.165, 1.54) is 11.1 Å². The number of ether oxygens (including phenoxy) is 1. The van der Waals surface area contributed by atoms with Gasteiger partial charge in [-0.15, -0.1) is 0 Å². The molecule has 22 heavy (non-hydrogen) atoms. The van der Waals surface area contributed by atoms with Gasteiger partial charge in [-0.3, -0.25) is 4.90 Å². The molecule has 0 fully saturated rings. The molecule has 3 heteroatoms. The first-order chi connectivity index (χ1) is 10.7. The van der Waals surface area contributed by atoms with Gasteiger partial charge < -0.3 is 4.74 Å². The highest BCUT2D eigenvalue weighted by Crippen LogP contribution is 2.37. The van der Waals surface area contributed by atoms with Crippen LogP contribution in [0.3, 0.4) is 0 Å². The van der Waals surface area contributed by atoms with E-state index in [0.717, 1.165) is 18.7 Å². The average molecular weight is 295 g/mol. The van der Waals surface area contributed by atoms with Gasteiger partial charge in [-0.1, -0.05) is 54.6 Å². The Morgan fingerprint density at radius 1 is 1.05 bits per heavy atom. The monoisotopic (exact) mass is 295 g/mol. The van der Waals surface area contributed by atoms with Crippen LogP contribution in [0.5, 0.6) is 0 Å². The summed E-state index contributed by atoms with van der Waals surface area (Å²) in [5.74, 6) is -0.186. The minimum atomic E-state index is -0.768. The fourth-order valence-corrected chi connectivity index (χ4v) is 3.11. The Morgan fingerprint density at radius 3 is 2.14 bits per heavy atom. The van der Waals surface area contributed by atoms with Gasteiger partial charge in [-0.2, -0.15) is 0 Å². The van der Waals surface area contributed by atoms with Crippen LogP contribution in [0.4, 0.5) is 0 Å². The molecule has 1 aliphatic heterocycles. The Morgan fingerprint density at radius 2 is 1.59 bits per heavy atom. The van der Waals surface area contributed by atoms with E-state index in [1.807, 2.05) is 56.3 Å². The maximum Gasteiger partial charge on any atom is 0.330 e. The summed E-state index contributed by atoms with van der Waals surface area (Å²) in [4.78, 5) is 14.9. The third-order valence-corrected chi connectivity index (χ3v) is 4.48. The first-order valence-electron chi connectivity index (χ1n) is 7.71. The molecule has 0 spiro atoms. The molecule has 114 valence electrons. The lowest BCUT2D eigenvalue weighted by Gasteiger charge is -2.36. The van der Waals surface area contributed by atoms with Gasteiger partial charge in [-0.25, -0.2) is 4.79 Å². The second-order valence-electron chi connectivity index (χ2n) is 5.78. The summed E-state index contributed by atoms with van der Waals surface area (Å²) in [5, 5.41) is 0. The minimum absolute atomic E-state index is 0.186. The molecule has 0 saturated heterocycles. The molecule has 0 radical (unpaired) electrons. The molecule has 1 aliphatic rings. The fraction of sp³-hybridized carbons (Fsp3) is 0.316. The van der Waals surface area contributed by atoms with Crippen LogP contribution in [-0.4, -0.2) is 17.5 Å². The zero-order valence-corrected chi connectivity index (χ0v) is 13.1. The molecule has 2 aromatic carbocycles. The van der Waals surface area contributed by atoms with E-state index in [1.54, 1.807) is 0 Å². The smallest absolute Gasteiger partial charge is 0.330 e. The van der Waals surface area contributed by atoms with Crippen LogP contribution in [0.15, 0.2) is 54.6 Å². The number of benzene rings is 2. The number of nitrogens with zero attached hydrogens (tertiary/aromatic N) is 1. The molecule has 0 saturated carbocycles. The van der Waals surface area contributed by atoms with Crippen molar-refractivity contribution in [3.63, 3.8) is 0 Å². The van der Waals surface area contributed by atoms with E-state index in [0.29, 0.717) is 6.61 Å². The number of carbonyl (C=O) groups excluding carboxylic acids is 1. The van der Waals surface area contributed by atoms with Crippen molar-refractivity contribution in [3.8, 4) is 0 Å². The normalized spacial score (nSPS) is 16.8. The maximum absolute atomic E-state index is 12.7. The zero-order chi connectivity index (χ0) is 15.6. The van der Waals surface area contributed by atoms with Crippen LogP contribution in [0.2, 0.25) is 0 Å². The van der Waals surface area contributed by atoms with Crippen LogP contribution in [0.1, 0.15) is 30.5 Å². The number of esters is 1. The predicted molar refractivity (Wildman–Crippen MR) is 86.1 cm³/mol. The molecule has 3 nitrogen and oxygen atoms in total. The molecule has 1 unspecified atom stereocenters. The van der Waals surface area contributed by atoms with Crippen molar-refractivity contribution in [1.82, 2.24) is 4.90 Å². The van der Waals surface area contributed by atoms with E-state index in [9.17, 15) is 4.79 Å². The topological polar surface area (TPSA) is 29.5 Å². The van der Waals surface area contributed by atoms with Gasteiger partial charge in [0, 0.05) is 13.1 Å². The SMILES string of the molecule is CCOC(=O)C(C)(c1ccccc1)N1Cc2ccccc2C1. The number of carbonyl (C=O) groups is 1. The summed E-state index contributed by atoms with van der Waals surface area (Å²) < 4.78 is 5.39. The Hall–Kier alpha value is -2.13. The molecule has 0 aromatic heterocycles. The van der Waals surface area contributed by atoms with Crippen molar-refractivity contribution >= 4 is 5.97 Å². The number of hydrogen-bond acceptors (Lipinski definition) is 3. The highest BCUT2D eigenvalue weighted by atomic mass is 16.5. The quantitative estimate of drug-likeness (QED) is 0.809. The summed E-state index contributed by atoms with van der Waals surface area (Å²) in [7, 11) is 0. The summed E-state index contributed by atoms with van der Waals surface area (Å²) in [6, 6.07) is 18.3. The minimum Gasteiger partial charge on any atom is -0.464 e. The van der Waals surface area contributed by atoms with Crippen molar-refractivity contribution < 1.29 is 9.53 Å². The van der Waals surface area contributed by atoms with Crippen molar-refractivity contribution in [3.05, 3.63) is 71.3 Å². The molecule has 0 bridgehead atoms. The number of hydrogen-bond donors (Lipinski definition) is 0. The van der Waals surface area contributed by atoms with Gasteiger partial charge in [0.2, 0.25) is 0 Å². The van der Waals surface area contributed by atoms with Gasteiger partial charge in [0.1, 0.15) is 5.54 Å². The molecule has 2 aromatic rings. The second kappa shape index (κ2) is 5.93. The highest BCUT2D eigenvalue weighted by Gasteiger charge is 2.44. The maximum atomic E-state index is 12.7. The van der Waals surface area contributed by atoms with Gasteiger partial charge in [-0.05, 0) is 30.5 Å². The molecular weight excluding hydrogens is 274 g/mol. The van der Waals surface area contributed by atoms with Crippen molar-refractivity contribution in [1.29, 1.82) is 0 Å². The van der Waals surface area contributed by atoms with Crippen molar-refractivity contribution in [2.45, 2.75) is 32.5 Å². The Balaban J connectivity index is 1.99. The van der Waals surface area contributed by atoms with Gasteiger partial charge in [0.05, 0.1) is 6.61 Å². The summed E-state index contributed by atoms with van der Waals surface area (Å²) in [5.41, 5.74) is 2.78. The molecular formula is C19H21NO2. The Labute approximate surface area is 131 Å². The van der Waals surface area contributed by atoms with E-state index < -0.39 is 5.54 Å². The third-order valence-electron chi connectivity index (χ3n) is 4.48. The number of rotatable bonds is 4. The third kappa shape index (κ3) is 2.42. The van der Waals surface area contributed by atoms with Crippen LogP contribution >= 0.6 is 0 Å². The van der Waals surface area contributed by atoms with Gasteiger partial charge >= 0.3 is 5.97 Å². The highest BCUT2D eigenvalue weighted by molar-refractivity contribution is 5.82. The first kappa shape index (κ1) is 14.8. The van der Waals surface area contributed by atoms with Crippen LogP contribution in [0.25, 0.3) is 0 Å². The fourth-order valence-electron chi connectivity index (χ4n) is 3.11. The lowest BCUT2D eigenvalue weighted by molar-refractivity contribution is -0.158. The molecule has 0 N–H and O–H groups in total. The van der Waals surface area contributed by atoms with Gasteiger partial charge in [0.25, 0.3) is 0 Å². The largest absolute Gasteiger partial charge is 0.464 e. The summed E-state index contributed by atoms with van der Waals surface area (Å²) >= 11 is 0. The summed E-state index contributed by atoms with van der Waals surface area (Å²) in [6.07, 6.45) is 0. The number of fused-ring (bicyclic) bond motifs is 1. The molecule has 1 heterocycles. The van der Waals surface area contributed by atoms with Crippen LogP contribution < -0.4 is 0 Å². The van der Waals surface area contributed by atoms with E-state index in [4.69, 9.17) is 4.74 Å². The molecule has 1 atom stereocenters. The van der Waals surface area contributed by atoms with Crippen LogP contribution in [0, 0.1) is 0 Å². The van der Waals surface area contributed by atoms with E-state index >= 15 is 0 Å². The van der Waals surface area contributed by atoms with Crippen molar-refractivity contribution in [2.24, 2.45) is 0 Å². The standard InChI is InChI=1S/C19H21NO2/c1-3-22-18(21)19(2,17-11-5-4-6-12-17)20-13-15-9-7-8-10-16(15)14-20/h4-12H,3,13-14H2,1-2H3. The molecule has 0 aliphatic carbocycles. The van der Waals surface area contributed by atoms with Crippen molar-refractivity contribution in [2.75, 3.05) is 6.61 Å². The Bertz CT molecular complexity index is 643. The second-order valence-corrected chi connectivity index (χ2v) is 5.78. The molecule has 0 amide bonds. The van der Waals surface area contributed by atoms with E-state index in [2.05, 4.69) is 17.0 Å². The Kier molecular flexibility index (Phi) is 3.99. The summed E-state index contributed by atoms with van der Waals surface area (Å²) in [6.45, 7) is 5.73. The average Bonchev–Trinajstić information content (AvgIpc) is 2.99. The van der Waals surface area contributed by atoms with Gasteiger partial charge in [0.15, 0.2) is 0 Å². The van der Waals surface area contributed by atoms with Crippen LogP contribution in [-0.2, 0) is 28.2 Å². The zero-order valence-electron chi connectivity index (χ0n) is 13.1. The molecule has 3 rings (SSSR count). The predicted octanol–water partition coefficient (Wildman–Crippen LogP) is 3.48.